The largest absolute Gasteiger partial charge is 0.489 e. The summed E-state index contributed by atoms with van der Waals surface area (Å²) >= 11 is 0. The Morgan fingerprint density at radius 3 is 2.78 bits per heavy atom. The van der Waals surface area contributed by atoms with Crippen LogP contribution >= 0.6 is 0 Å². The van der Waals surface area contributed by atoms with Gasteiger partial charge in [0.1, 0.15) is 17.4 Å². The van der Waals surface area contributed by atoms with Gasteiger partial charge in [-0.2, -0.15) is 0 Å². The van der Waals surface area contributed by atoms with Crippen LogP contribution in [-0.2, 0) is 13.6 Å². The topological polar surface area (TPSA) is 63.6 Å². The normalized spacial score (nSPS) is 16.2. The minimum absolute atomic E-state index is 0.141. The number of hydrogen-bond donors (Lipinski definition) is 1. The minimum atomic E-state index is -0.328. The highest BCUT2D eigenvalue weighted by atomic mass is 16.5. The Hall–Kier alpha value is -3.12. The van der Waals surface area contributed by atoms with Crippen molar-refractivity contribution in [3.63, 3.8) is 0 Å². The number of nitrogens with zero attached hydrogens (tertiary/aromatic N) is 2. The average Bonchev–Trinajstić information content (AvgIpc) is 2.98. The van der Waals surface area contributed by atoms with Crippen LogP contribution in [0.4, 0.5) is 0 Å². The van der Waals surface area contributed by atoms with Crippen LogP contribution in [0.1, 0.15) is 42.1 Å². The van der Waals surface area contributed by atoms with Gasteiger partial charge in [0.15, 0.2) is 0 Å². The minimum Gasteiger partial charge on any atom is -0.489 e. The molecule has 0 spiro atoms. The predicted molar refractivity (Wildman–Crippen MR) is 127 cm³/mol. The molecule has 1 aliphatic heterocycles. The van der Waals surface area contributed by atoms with Crippen molar-refractivity contribution in [1.82, 2.24) is 14.8 Å². The number of aryl methyl sites for hydroxylation is 1. The van der Waals surface area contributed by atoms with Gasteiger partial charge in [-0.25, -0.2) is 0 Å². The van der Waals surface area contributed by atoms with Crippen molar-refractivity contribution >= 4 is 16.8 Å². The first-order chi connectivity index (χ1) is 15.6. The lowest BCUT2D eigenvalue weighted by atomic mass is 10.1. The maximum absolute atomic E-state index is 12.8. The fourth-order valence-corrected chi connectivity index (χ4v) is 4.34. The van der Waals surface area contributed by atoms with Crippen molar-refractivity contribution < 1.29 is 9.53 Å². The number of unbranched alkanes of at least 4 members (excludes halogenated alkanes) is 1. The molecule has 1 amide bonds. The van der Waals surface area contributed by atoms with E-state index in [1.165, 1.54) is 5.56 Å². The number of amides is 1. The second kappa shape index (κ2) is 10.0. The van der Waals surface area contributed by atoms with Crippen molar-refractivity contribution in [2.24, 2.45) is 7.05 Å². The van der Waals surface area contributed by atoms with Crippen molar-refractivity contribution in [3.05, 3.63) is 76.1 Å². The third-order valence-corrected chi connectivity index (χ3v) is 6.06. The van der Waals surface area contributed by atoms with E-state index in [9.17, 15) is 9.59 Å². The van der Waals surface area contributed by atoms with E-state index in [0.29, 0.717) is 18.5 Å². The van der Waals surface area contributed by atoms with Crippen LogP contribution in [0.2, 0.25) is 0 Å². The van der Waals surface area contributed by atoms with Crippen LogP contribution in [0.5, 0.6) is 5.75 Å². The summed E-state index contributed by atoms with van der Waals surface area (Å²) in [7, 11) is 1.85. The molecule has 0 bridgehead atoms. The standard InChI is InChI=1S/C26H31N3O3/c1-3-4-10-20-17-29(16-19-9-5-8-13-24(19)32-20)15-14-27-26(31)22-18-28(2)23-12-7-6-11-21(23)25(22)30/h5-9,11-13,18,20H,3-4,10,14-17H2,1-2H3,(H,27,31)/t20-/m1/s1. The van der Waals surface area contributed by atoms with E-state index in [-0.39, 0.29) is 23.0 Å². The van der Waals surface area contributed by atoms with E-state index in [4.69, 9.17) is 4.74 Å². The molecule has 0 aliphatic carbocycles. The number of fused-ring (bicyclic) bond motifs is 2. The number of aromatic nitrogens is 1. The predicted octanol–water partition coefficient (Wildman–Crippen LogP) is 3.72. The second-order valence-corrected chi connectivity index (χ2v) is 8.48. The molecular weight excluding hydrogens is 402 g/mol. The lowest BCUT2D eigenvalue weighted by Crippen LogP contribution is -2.39. The summed E-state index contributed by atoms with van der Waals surface area (Å²) in [5.41, 5.74) is 1.93. The first-order valence-electron chi connectivity index (χ1n) is 11.4. The third kappa shape index (κ3) is 4.86. The molecular formula is C26H31N3O3. The second-order valence-electron chi connectivity index (χ2n) is 8.48. The molecule has 6 nitrogen and oxygen atoms in total. The molecule has 1 aliphatic rings. The van der Waals surface area contributed by atoms with E-state index >= 15 is 0 Å². The van der Waals surface area contributed by atoms with Crippen molar-refractivity contribution in [3.8, 4) is 5.75 Å². The molecule has 2 aromatic carbocycles. The smallest absolute Gasteiger partial charge is 0.256 e. The Labute approximate surface area is 188 Å². The molecule has 1 N–H and O–H groups in total. The van der Waals surface area contributed by atoms with Crippen LogP contribution in [0.25, 0.3) is 10.9 Å². The van der Waals surface area contributed by atoms with Crippen molar-refractivity contribution in [2.75, 3.05) is 19.6 Å². The SMILES string of the molecule is CCCC[C@@H]1CN(CCNC(=O)c2cn(C)c3ccccc3c2=O)Cc2ccccc2O1. The van der Waals surface area contributed by atoms with Crippen LogP contribution in [0.15, 0.2) is 59.5 Å². The first kappa shape index (κ1) is 22.1. The van der Waals surface area contributed by atoms with E-state index in [0.717, 1.165) is 43.6 Å². The monoisotopic (exact) mass is 433 g/mol. The van der Waals surface area contributed by atoms with Crippen LogP contribution in [-0.4, -0.2) is 41.1 Å². The molecule has 0 fully saturated rings. The van der Waals surface area contributed by atoms with E-state index in [1.807, 2.05) is 48.0 Å². The van der Waals surface area contributed by atoms with Crippen LogP contribution in [0, 0.1) is 0 Å². The lowest BCUT2D eigenvalue weighted by Gasteiger charge is -2.24. The Morgan fingerprint density at radius 2 is 1.94 bits per heavy atom. The summed E-state index contributed by atoms with van der Waals surface area (Å²) in [5, 5.41) is 3.50. The molecule has 0 unspecified atom stereocenters. The molecule has 0 saturated heterocycles. The van der Waals surface area contributed by atoms with Gasteiger partial charge in [-0.1, -0.05) is 43.7 Å². The van der Waals surface area contributed by atoms with E-state index in [2.05, 4.69) is 23.2 Å². The highest BCUT2D eigenvalue weighted by molar-refractivity contribution is 5.97. The molecule has 4 rings (SSSR count). The molecule has 3 aromatic rings. The van der Waals surface area contributed by atoms with Gasteiger partial charge in [0, 0.05) is 50.4 Å². The molecule has 0 saturated carbocycles. The maximum Gasteiger partial charge on any atom is 0.256 e. The number of benzene rings is 2. The summed E-state index contributed by atoms with van der Waals surface area (Å²) in [6.07, 6.45) is 5.04. The van der Waals surface area contributed by atoms with E-state index in [1.54, 1.807) is 12.3 Å². The molecule has 0 radical (unpaired) electrons. The van der Waals surface area contributed by atoms with Gasteiger partial charge in [-0.05, 0) is 31.0 Å². The number of para-hydroxylation sites is 2. The molecule has 32 heavy (non-hydrogen) atoms. The molecule has 1 aromatic heterocycles. The number of rotatable bonds is 7. The molecule has 6 heteroatoms. The quantitative estimate of drug-likeness (QED) is 0.617. The lowest BCUT2D eigenvalue weighted by molar-refractivity contribution is 0.0940. The number of carbonyl (C=O) groups excluding carboxylic acids is 1. The fourth-order valence-electron chi connectivity index (χ4n) is 4.34. The summed E-state index contributed by atoms with van der Waals surface area (Å²) < 4.78 is 8.11. The Morgan fingerprint density at radius 1 is 1.16 bits per heavy atom. The van der Waals surface area contributed by atoms with Crippen LogP contribution < -0.4 is 15.5 Å². The zero-order chi connectivity index (χ0) is 22.5. The Bertz CT molecular complexity index is 1150. The van der Waals surface area contributed by atoms with Gasteiger partial charge >= 0.3 is 0 Å². The van der Waals surface area contributed by atoms with Gasteiger partial charge in [0.05, 0.1) is 5.52 Å². The van der Waals surface area contributed by atoms with Gasteiger partial charge in [0.2, 0.25) is 5.43 Å². The summed E-state index contributed by atoms with van der Waals surface area (Å²) in [6.45, 7) is 4.96. The zero-order valence-corrected chi connectivity index (χ0v) is 18.8. The Kier molecular flexibility index (Phi) is 6.90. The summed E-state index contributed by atoms with van der Waals surface area (Å²) in [6, 6.07) is 15.5. The molecule has 1 atom stereocenters. The highest BCUT2D eigenvalue weighted by Crippen LogP contribution is 2.26. The highest BCUT2D eigenvalue weighted by Gasteiger charge is 2.22. The molecule has 168 valence electrons. The Balaban J connectivity index is 1.43. The van der Waals surface area contributed by atoms with Crippen molar-refractivity contribution in [2.45, 2.75) is 38.8 Å². The fraction of sp³-hybridized carbons (Fsp3) is 0.385. The van der Waals surface area contributed by atoms with Crippen molar-refractivity contribution in [1.29, 1.82) is 0 Å². The zero-order valence-electron chi connectivity index (χ0n) is 18.8. The van der Waals surface area contributed by atoms with Gasteiger partial charge in [-0.3, -0.25) is 14.5 Å². The summed E-state index contributed by atoms with van der Waals surface area (Å²) in [4.78, 5) is 27.9. The van der Waals surface area contributed by atoms with Crippen LogP contribution in [0.3, 0.4) is 0 Å². The number of pyridine rings is 1. The average molecular weight is 434 g/mol. The number of ether oxygens (including phenoxy) is 1. The number of hydrogen-bond acceptors (Lipinski definition) is 4. The van der Waals surface area contributed by atoms with Gasteiger partial charge in [0.25, 0.3) is 5.91 Å². The van der Waals surface area contributed by atoms with Gasteiger partial charge in [-0.15, -0.1) is 0 Å². The number of carbonyl (C=O) groups is 1. The molecule has 2 heterocycles. The number of nitrogens with one attached hydrogen (secondary N) is 1. The third-order valence-electron chi connectivity index (χ3n) is 6.06. The maximum atomic E-state index is 12.8. The van der Waals surface area contributed by atoms with E-state index < -0.39 is 0 Å². The first-order valence-corrected chi connectivity index (χ1v) is 11.4. The summed E-state index contributed by atoms with van der Waals surface area (Å²) in [5.74, 6) is 0.630. The van der Waals surface area contributed by atoms with Gasteiger partial charge < -0.3 is 14.6 Å².